The van der Waals surface area contributed by atoms with Gasteiger partial charge in [-0.3, -0.25) is 14.5 Å². The average molecular weight is 297 g/mol. The third-order valence-electron chi connectivity index (χ3n) is 3.96. The van der Waals surface area contributed by atoms with Crippen LogP contribution >= 0.6 is 0 Å². The summed E-state index contributed by atoms with van der Waals surface area (Å²) < 4.78 is 3.09. The van der Waals surface area contributed by atoms with E-state index in [-0.39, 0.29) is 11.4 Å². The van der Waals surface area contributed by atoms with Crippen LogP contribution in [0.2, 0.25) is 0 Å². The van der Waals surface area contributed by atoms with E-state index in [2.05, 4.69) is 11.9 Å². The lowest BCUT2D eigenvalue weighted by Gasteiger charge is -2.05. The van der Waals surface area contributed by atoms with E-state index in [1.54, 1.807) is 24.0 Å². The van der Waals surface area contributed by atoms with Crippen LogP contribution in [0.25, 0.3) is 11.6 Å². The molecule has 3 rings (SSSR count). The second-order valence-corrected chi connectivity index (χ2v) is 5.42. The third kappa shape index (κ3) is 2.28. The molecule has 0 bridgehead atoms. The van der Waals surface area contributed by atoms with Crippen LogP contribution in [-0.4, -0.2) is 20.7 Å². The number of hydrogen-bond donors (Lipinski definition) is 1. The average Bonchev–Trinajstić information content (AvgIpc) is 3.02. The van der Waals surface area contributed by atoms with Gasteiger partial charge in [-0.1, -0.05) is 31.5 Å². The topological polar surface area (TPSA) is 59.5 Å². The van der Waals surface area contributed by atoms with Crippen molar-refractivity contribution in [1.29, 1.82) is 0 Å². The van der Waals surface area contributed by atoms with Crippen molar-refractivity contribution >= 4 is 23.6 Å². The summed E-state index contributed by atoms with van der Waals surface area (Å²) in [5.74, 6) is -0.00798. The Hall–Kier alpha value is -2.56. The van der Waals surface area contributed by atoms with Crippen LogP contribution in [0, 0.1) is 0 Å². The van der Waals surface area contributed by atoms with Crippen molar-refractivity contribution in [2.45, 2.75) is 26.3 Å². The van der Waals surface area contributed by atoms with Crippen LogP contribution in [0.5, 0.6) is 5.88 Å². The van der Waals surface area contributed by atoms with Gasteiger partial charge in [0, 0.05) is 30.9 Å². The second kappa shape index (κ2) is 5.67. The molecule has 2 aromatic rings. The Morgan fingerprint density at radius 1 is 1.32 bits per heavy atom. The molecule has 0 amide bonds. The molecule has 1 aromatic carbocycles. The maximum absolute atomic E-state index is 12.5. The Labute approximate surface area is 128 Å². The van der Waals surface area contributed by atoms with Crippen molar-refractivity contribution in [3.05, 3.63) is 45.7 Å². The highest BCUT2D eigenvalue weighted by Crippen LogP contribution is 2.32. The van der Waals surface area contributed by atoms with Gasteiger partial charge in [0.05, 0.1) is 5.69 Å². The fraction of sp³-hybridized carbons (Fsp3) is 0.294. The molecule has 2 heterocycles. The zero-order chi connectivity index (χ0) is 15.7. The lowest BCUT2D eigenvalue weighted by molar-refractivity contribution is 0.376. The monoisotopic (exact) mass is 297 g/mol. The number of para-hydroxylation sites is 1. The third-order valence-corrected chi connectivity index (χ3v) is 3.96. The molecule has 1 aromatic heterocycles. The van der Waals surface area contributed by atoms with Crippen molar-refractivity contribution in [2.75, 3.05) is 0 Å². The summed E-state index contributed by atoms with van der Waals surface area (Å²) in [4.78, 5) is 16.8. The Kier molecular flexibility index (Phi) is 3.71. The van der Waals surface area contributed by atoms with Gasteiger partial charge in [0.2, 0.25) is 5.88 Å². The molecule has 0 aliphatic carbocycles. The van der Waals surface area contributed by atoms with Gasteiger partial charge in [0.1, 0.15) is 5.56 Å². The number of allylic oxidation sites excluding steroid dienone is 1. The highest BCUT2D eigenvalue weighted by atomic mass is 16.3. The first kappa shape index (κ1) is 14.4. The normalized spacial score (nSPS) is 14.7. The van der Waals surface area contributed by atoms with Crippen molar-refractivity contribution in [3.63, 3.8) is 0 Å². The first-order valence-electron chi connectivity index (χ1n) is 7.47. The number of benzene rings is 1. The zero-order valence-electron chi connectivity index (χ0n) is 12.8. The van der Waals surface area contributed by atoms with E-state index in [1.165, 1.54) is 4.68 Å². The molecule has 0 saturated heterocycles. The highest BCUT2D eigenvalue weighted by Gasteiger charge is 2.18. The smallest absolute Gasteiger partial charge is 0.277 e. The molecular formula is C17H19N3O2. The van der Waals surface area contributed by atoms with Crippen LogP contribution in [0.4, 0.5) is 5.69 Å². The highest BCUT2D eigenvalue weighted by molar-refractivity contribution is 6.21. The Morgan fingerprint density at radius 3 is 2.86 bits per heavy atom. The fourth-order valence-electron chi connectivity index (χ4n) is 2.65. The number of nitrogens with zero attached hydrogens (tertiary/aromatic N) is 3. The number of aromatic hydroxyl groups is 1. The minimum absolute atomic E-state index is 0.00798. The number of unbranched alkanes of at least 4 members (excludes halogenated alkanes) is 1. The van der Waals surface area contributed by atoms with E-state index in [9.17, 15) is 9.90 Å². The van der Waals surface area contributed by atoms with Crippen LogP contribution in [0.3, 0.4) is 0 Å². The van der Waals surface area contributed by atoms with E-state index in [1.807, 2.05) is 24.3 Å². The molecular weight excluding hydrogens is 278 g/mol. The predicted octanol–water partition coefficient (Wildman–Crippen LogP) is 2.95. The molecule has 1 N–H and O–H groups in total. The molecule has 0 fully saturated rings. The maximum Gasteiger partial charge on any atom is 0.277 e. The largest absolute Gasteiger partial charge is 0.493 e. The molecule has 0 spiro atoms. The summed E-state index contributed by atoms with van der Waals surface area (Å²) in [6.07, 6.45) is 5.34. The maximum atomic E-state index is 12.5. The number of rotatable bonds is 4. The van der Waals surface area contributed by atoms with Gasteiger partial charge in [-0.15, -0.1) is 0 Å². The van der Waals surface area contributed by atoms with Crippen LogP contribution in [-0.2, 0) is 13.6 Å². The van der Waals surface area contributed by atoms with Crippen LogP contribution in [0.1, 0.15) is 30.9 Å². The van der Waals surface area contributed by atoms with Gasteiger partial charge in [0.15, 0.2) is 0 Å². The summed E-state index contributed by atoms with van der Waals surface area (Å²) in [5, 5.41) is 10.3. The van der Waals surface area contributed by atoms with Crippen molar-refractivity contribution in [2.24, 2.45) is 12.0 Å². The van der Waals surface area contributed by atoms with Gasteiger partial charge in [-0.25, -0.2) is 4.68 Å². The summed E-state index contributed by atoms with van der Waals surface area (Å²) in [6.45, 7) is 2.68. The van der Waals surface area contributed by atoms with E-state index in [0.29, 0.717) is 12.1 Å². The summed E-state index contributed by atoms with van der Waals surface area (Å²) in [5.41, 5.74) is 2.85. The molecule has 5 heteroatoms. The summed E-state index contributed by atoms with van der Waals surface area (Å²) >= 11 is 0. The molecule has 0 saturated carbocycles. The van der Waals surface area contributed by atoms with E-state index in [4.69, 9.17) is 0 Å². The van der Waals surface area contributed by atoms with Crippen LogP contribution < -0.4 is 5.56 Å². The van der Waals surface area contributed by atoms with E-state index >= 15 is 0 Å². The first-order chi connectivity index (χ1) is 10.6. The number of aromatic nitrogens is 2. The summed E-state index contributed by atoms with van der Waals surface area (Å²) in [6, 6.07) is 7.75. The molecule has 22 heavy (non-hydrogen) atoms. The fourth-order valence-corrected chi connectivity index (χ4v) is 2.65. The quantitative estimate of drug-likeness (QED) is 0.943. The zero-order valence-corrected chi connectivity index (χ0v) is 12.8. The molecule has 114 valence electrons. The minimum Gasteiger partial charge on any atom is -0.493 e. The minimum atomic E-state index is -0.168. The van der Waals surface area contributed by atoms with E-state index in [0.717, 1.165) is 29.7 Å². The van der Waals surface area contributed by atoms with Gasteiger partial charge < -0.3 is 5.11 Å². The Bertz CT molecular complexity index is 825. The standard InChI is InChI=1S/C17H19N3O2/c1-3-4-9-20-17(22)14(16(21)19(20)2)10-12-11-18-15-8-6-5-7-13(12)15/h5-8,10-11,21H,3-4,9H2,1-2H3. The Morgan fingerprint density at radius 2 is 2.09 bits per heavy atom. The molecule has 0 radical (unpaired) electrons. The lowest BCUT2D eigenvalue weighted by atomic mass is 10.1. The summed E-state index contributed by atoms with van der Waals surface area (Å²) in [7, 11) is 1.70. The van der Waals surface area contributed by atoms with Gasteiger partial charge in [-0.2, -0.15) is 0 Å². The van der Waals surface area contributed by atoms with Crippen molar-refractivity contribution in [3.8, 4) is 5.88 Å². The molecule has 1 aliphatic heterocycles. The predicted molar refractivity (Wildman–Crippen MR) is 88.7 cm³/mol. The molecule has 5 nitrogen and oxygen atoms in total. The van der Waals surface area contributed by atoms with Crippen molar-refractivity contribution < 1.29 is 5.11 Å². The lowest BCUT2D eigenvalue weighted by Crippen LogP contribution is -2.22. The number of aliphatic imine (C=N–C) groups is 1. The number of hydrogen-bond acceptors (Lipinski definition) is 3. The van der Waals surface area contributed by atoms with Crippen molar-refractivity contribution in [1.82, 2.24) is 9.36 Å². The van der Waals surface area contributed by atoms with Gasteiger partial charge in [0.25, 0.3) is 5.56 Å². The number of fused-ring (bicyclic) bond motifs is 1. The molecule has 0 atom stereocenters. The van der Waals surface area contributed by atoms with Gasteiger partial charge >= 0.3 is 0 Å². The SMILES string of the molecule is CCCCn1c(=O)c(C=C2C=Nc3ccccc32)c(O)n1C. The van der Waals surface area contributed by atoms with E-state index < -0.39 is 0 Å². The van der Waals surface area contributed by atoms with Crippen LogP contribution in [0.15, 0.2) is 34.1 Å². The van der Waals surface area contributed by atoms with Gasteiger partial charge in [-0.05, 0) is 18.6 Å². The first-order valence-corrected chi connectivity index (χ1v) is 7.47. The second-order valence-electron chi connectivity index (χ2n) is 5.42. The molecule has 1 aliphatic rings. The molecule has 0 unspecified atom stereocenters. The Balaban J connectivity index is 2.06.